The molecule has 3 N–H and O–H groups in total. The van der Waals surface area contributed by atoms with E-state index in [2.05, 4.69) is 20.9 Å². The number of halogens is 1. The third-order valence-corrected chi connectivity index (χ3v) is 4.46. The summed E-state index contributed by atoms with van der Waals surface area (Å²) in [6.45, 7) is 2.89. The number of nitrogens with one attached hydrogen (secondary N) is 1. The number of aromatic amines is 1. The number of imidazole rings is 1. The molecule has 2 heterocycles. The highest BCUT2D eigenvalue weighted by Crippen LogP contribution is 2.39. The Morgan fingerprint density at radius 1 is 1.52 bits per heavy atom. The van der Waals surface area contributed by atoms with Crippen molar-refractivity contribution in [1.82, 2.24) is 9.97 Å². The average molecular weight is 302 g/mol. The zero-order chi connectivity index (χ0) is 15.0. The van der Waals surface area contributed by atoms with Gasteiger partial charge in [-0.05, 0) is 37.5 Å². The number of nitrogen functional groups attached to an aromatic ring is 1. The van der Waals surface area contributed by atoms with E-state index in [1.807, 2.05) is 13.0 Å². The molecule has 2 aromatic rings. The van der Waals surface area contributed by atoms with Crippen LogP contribution in [0.4, 0.5) is 11.5 Å². The molecule has 1 aliphatic heterocycles. The summed E-state index contributed by atoms with van der Waals surface area (Å²) in [5, 5.41) is 9.58. The van der Waals surface area contributed by atoms with Gasteiger partial charge in [-0.1, -0.05) is 11.6 Å². The number of H-pyrrole nitrogens is 1. The van der Waals surface area contributed by atoms with Crippen LogP contribution in [0.1, 0.15) is 35.8 Å². The monoisotopic (exact) mass is 301 g/mol. The van der Waals surface area contributed by atoms with E-state index in [-0.39, 0.29) is 6.04 Å². The second-order valence-electron chi connectivity index (χ2n) is 5.26. The van der Waals surface area contributed by atoms with Gasteiger partial charge in [0, 0.05) is 12.2 Å². The zero-order valence-corrected chi connectivity index (χ0v) is 12.5. The van der Waals surface area contributed by atoms with Gasteiger partial charge < -0.3 is 15.6 Å². The minimum absolute atomic E-state index is 0.171. The lowest BCUT2D eigenvalue weighted by Gasteiger charge is -2.27. The third kappa shape index (κ3) is 2.32. The fraction of sp³-hybridized carbons (Fsp3) is 0.333. The average Bonchev–Trinajstić information content (AvgIpc) is 3.10. The molecule has 1 atom stereocenters. The molecule has 108 valence electrons. The molecule has 3 rings (SSSR count). The summed E-state index contributed by atoms with van der Waals surface area (Å²) in [7, 11) is 0. The first-order chi connectivity index (χ1) is 10.1. The van der Waals surface area contributed by atoms with Crippen LogP contribution < -0.4 is 10.6 Å². The summed E-state index contributed by atoms with van der Waals surface area (Å²) < 4.78 is 0. The Bertz CT molecular complexity index is 715. The van der Waals surface area contributed by atoms with Gasteiger partial charge in [0.05, 0.1) is 22.8 Å². The molecule has 0 bridgehead atoms. The van der Waals surface area contributed by atoms with Crippen LogP contribution in [0.2, 0.25) is 5.02 Å². The minimum Gasteiger partial charge on any atom is -0.384 e. The molecule has 1 aromatic carbocycles. The summed E-state index contributed by atoms with van der Waals surface area (Å²) in [5.74, 6) is 1.45. The predicted octanol–water partition coefficient (Wildman–Crippen LogP) is 3.17. The Hall–Kier alpha value is -2.19. The first kappa shape index (κ1) is 13.8. The normalized spacial score (nSPS) is 18.0. The number of nitriles is 1. The van der Waals surface area contributed by atoms with Crippen LogP contribution in [-0.4, -0.2) is 16.5 Å². The predicted molar refractivity (Wildman–Crippen MR) is 83.2 cm³/mol. The number of nitrogens with zero attached hydrogens (tertiary/aromatic N) is 3. The second kappa shape index (κ2) is 5.30. The highest BCUT2D eigenvalue weighted by molar-refractivity contribution is 6.32. The maximum atomic E-state index is 9.05. The number of aromatic nitrogens is 2. The molecule has 6 heteroatoms. The van der Waals surface area contributed by atoms with Crippen molar-refractivity contribution in [1.29, 1.82) is 5.26 Å². The van der Waals surface area contributed by atoms with Crippen molar-refractivity contribution in [3.63, 3.8) is 0 Å². The smallest absolute Gasteiger partial charge is 0.130 e. The highest BCUT2D eigenvalue weighted by Gasteiger charge is 2.29. The van der Waals surface area contributed by atoms with Crippen molar-refractivity contribution >= 4 is 23.1 Å². The number of hydrogen-bond acceptors (Lipinski definition) is 4. The molecule has 5 nitrogen and oxygen atoms in total. The van der Waals surface area contributed by atoms with Gasteiger partial charge in [-0.2, -0.15) is 5.26 Å². The molecular weight excluding hydrogens is 286 g/mol. The molecule has 0 radical (unpaired) electrons. The SMILES string of the molecule is Cc1c(N2CCCC2c2ncc(N)[nH]2)ccc(C#N)c1Cl. The maximum Gasteiger partial charge on any atom is 0.130 e. The van der Waals surface area contributed by atoms with E-state index in [1.165, 1.54) is 0 Å². The van der Waals surface area contributed by atoms with E-state index in [0.717, 1.165) is 36.5 Å². The van der Waals surface area contributed by atoms with E-state index in [4.69, 9.17) is 22.6 Å². The largest absolute Gasteiger partial charge is 0.384 e. The van der Waals surface area contributed by atoms with Crippen molar-refractivity contribution in [2.45, 2.75) is 25.8 Å². The summed E-state index contributed by atoms with van der Waals surface area (Å²) in [5.41, 5.74) is 8.22. The van der Waals surface area contributed by atoms with Crippen LogP contribution in [0.15, 0.2) is 18.3 Å². The van der Waals surface area contributed by atoms with Crippen LogP contribution in [0, 0.1) is 18.3 Å². The maximum absolute atomic E-state index is 9.05. The number of hydrogen-bond donors (Lipinski definition) is 2. The molecule has 1 aromatic heterocycles. The summed E-state index contributed by atoms with van der Waals surface area (Å²) in [4.78, 5) is 9.74. The van der Waals surface area contributed by atoms with Crippen molar-refractivity contribution in [3.8, 4) is 6.07 Å². The van der Waals surface area contributed by atoms with Gasteiger partial charge in [-0.25, -0.2) is 4.98 Å². The molecule has 1 aliphatic rings. The van der Waals surface area contributed by atoms with Gasteiger partial charge in [-0.15, -0.1) is 0 Å². The summed E-state index contributed by atoms with van der Waals surface area (Å²) in [6.07, 6.45) is 3.75. The van der Waals surface area contributed by atoms with Gasteiger partial charge in [0.2, 0.25) is 0 Å². The number of nitrogens with two attached hydrogens (primary N) is 1. The first-order valence-corrected chi connectivity index (χ1v) is 7.26. The van der Waals surface area contributed by atoms with Crippen molar-refractivity contribution < 1.29 is 0 Å². The van der Waals surface area contributed by atoms with Crippen molar-refractivity contribution in [2.75, 3.05) is 17.2 Å². The van der Waals surface area contributed by atoms with Gasteiger partial charge >= 0.3 is 0 Å². The molecule has 0 aliphatic carbocycles. The Morgan fingerprint density at radius 2 is 2.33 bits per heavy atom. The fourth-order valence-corrected chi connectivity index (χ4v) is 3.13. The van der Waals surface area contributed by atoms with Gasteiger partial charge in [0.25, 0.3) is 0 Å². The molecular formula is C15H16ClN5. The number of anilines is 2. The molecule has 0 amide bonds. The quantitative estimate of drug-likeness (QED) is 0.892. The zero-order valence-electron chi connectivity index (χ0n) is 11.7. The Balaban J connectivity index is 2.00. The van der Waals surface area contributed by atoms with Crippen LogP contribution >= 0.6 is 11.6 Å². The van der Waals surface area contributed by atoms with E-state index in [1.54, 1.807) is 12.3 Å². The lowest BCUT2D eigenvalue weighted by Crippen LogP contribution is -2.24. The second-order valence-corrected chi connectivity index (χ2v) is 5.64. The molecule has 1 saturated heterocycles. The Labute approximate surface area is 128 Å². The Kier molecular flexibility index (Phi) is 3.48. The van der Waals surface area contributed by atoms with Gasteiger partial charge in [0.1, 0.15) is 17.7 Å². The number of rotatable bonds is 2. The lowest BCUT2D eigenvalue weighted by molar-refractivity contribution is 0.675. The van der Waals surface area contributed by atoms with E-state index in [0.29, 0.717) is 16.4 Å². The van der Waals surface area contributed by atoms with Crippen molar-refractivity contribution in [3.05, 3.63) is 40.3 Å². The van der Waals surface area contributed by atoms with Crippen LogP contribution in [0.25, 0.3) is 0 Å². The van der Waals surface area contributed by atoms with Crippen molar-refractivity contribution in [2.24, 2.45) is 0 Å². The third-order valence-electron chi connectivity index (χ3n) is 3.97. The minimum atomic E-state index is 0.171. The molecule has 21 heavy (non-hydrogen) atoms. The lowest BCUT2D eigenvalue weighted by atomic mass is 10.1. The summed E-state index contributed by atoms with van der Waals surface area (Å²) >= 11 is 6.28. The van der Waals surface area contributed by atoms with E-state index in [9.17, 15) is 0 Å². The van der Waals surface area contributed by atoms with Gasteiger partial charge in [0.15, 0.2) is 0 Å². The highest BCUT2D eigenvalue weighted by atomic mass is 35.5. The van der Waals surface area contributed by atoms with Gasteiger partial charge in [-0.3, -0.25) is 0 Å². The summed E-state index contributed by atoms with van der Waals surface area (Å²) in [6, 6.07) is 6.02. The topological polar surface area (TPSA) is 81.7 Å². The van der Waals surface area contributed by atoms with Crippen LogP contribution in [0.5, 0.6) is 0 Å². The molecule has 1 fully saturated rings. The number of benzene rings is 1. The standard InChI is InChI=1S/C15H16ClN5/c1-9-11(5-4-10(7-17)14(9)16)21-6-2-3-12(21)15-19-8-13(18)20-15/h4-5,8,12H,2-3,6,18H2,1H3,(H,19,20). The molecule has 0 spiro atoms. The first-order valence-electron chi connectivity index (χ1n) is 6.88. The van der Waals surface area contributed by atoms with E-state index < -0.39 is 0 Å². The van der Waals surface area contributed by atoms with E-state index >= 15 is 0 Å². The van der Waals surface area contributed by atoms with Crippen LogP contribution in [0.3, 0.4) is 0 Å². The Morgan fingerprint density at radius 3 is 3.00 bits per heavy atom. The fourth-order valence-electron chi connectivity index (χ4n) is 2.93. The molecule has 0 saturated carbocycles. The molecule has 1 unspecified atom stereocenters. The van der Waals surface area contributed by atoms with Crippen LogP contribution in [-0.2, 0) is 0 Å².